The first-order chi connectivity index (χ1) is 12.7. The van der Waals surface area contributed by atoms with Gasteiger partial charge in [0, 0.05) is 29.1 Å². The minimum Gasteiger partial charge on any atom is -0.494 e. The monoisotopic (exact) mass is 351 g/mol. The molecule has 0 aliphatic heterocycles. The fraction of sp³-hybridized carbons (Fsp3) is 0.200. The number of fused-ring (bicyclic) bond motifs is 1. The van der Waals surface area contributed by atoms with Crippen LogP contribution in [0.1, 0.15) is 29.3 Å². The molecule has 0 bridgehead atoms. The normalized spacial score (nSPS) is 10.5. The van der Waals surface area contributed by atoms with Crippen LogP contribution in [0.4, 0.5) is 0 Å². The summed E-state index contributed by atoms with van der Waals surface area (Å²) in [5, 5.41) is 1.11. The minimum atomic E-state index is -0.367. The van der Waals surface area contributed by atoms with Crippen molar-refractivity contribution in [2.75, 3.05) is 6.61 Å². The second-order valence-corrected chi connectivity index (χ2v) is 5.82. The molecule has 0 unspecified atom stereocenters. The first-order valence-electron chi connectivity index (χ1n) is 8.54. The molecule has 3 aromatic rings. The number of hydrazine groups is 1. The van der Waals surface area contributed by atoms with Gasteiger partial charge in [0.1, 0.15) is 5.75 Å². The molecule has 6 nitrogen and oxygen atoms in total. The third kappa shape index (κ3) is 4.22. The van der Waals surface area contributed by atoms with Gasteiger partial charge in [0.2, 0.25) is 5.91 Å². The van der Waals surface area contributed by atoms with Gasteiger partial charge in [0.05, 0.1) is 6.61 Å². The molecular weight excluding hydrogens is 330 g/mol. The van der Waals surface area contributed by atoms with Crippen molar-refractivity contribution in [3.63, 3.8) is 0 Å². The van der Waals surface area contributed by atoms with Crippen LogP contribution in [0.25, 0.3) is 10.9 Å². The molecule has 2 amide bonds. The molecule has 0 atom stereocenters. The van der Waals surface area contributed by atoms with Gasteiger partial charge in [0.15, 0.2) is 0 Å². The van der Waals surface area contributed by atoms with E-state index < -0.39 is 0 Å². The number of hydrogen-bond donors (Lipinski definition) is 3. The van der Waals surface area contributed by atoms with Gasteiger partial charge in [-0.1, -0.05) is 18.2 Å². The first kappa shape index (κ1) is 17.5. The number of amides is 2. The van der Waals surface area contributed by atoms with Crippen LogP contribution in [0.2, 0.25) is 0 Å². The van der Waals surface area contributed by atoms with Crippen LogP contribution in [0.3, 0.4) is 0 Å². The molecule has 0 saturated heterocycles. The highest BCUT2D eigenvalue weighted by atomic mass is 16.5. The van der Waals surface area contributed by atoms with E-state index in [2.05, 4.69) is 15.8 Å². The molecule has 0 aliphatic rings. The number of ether oxygens (including phenoxy) is 1. The molecule has 134 valence electrons. The predicted molar refractivity (Wildman–Crippen MR) is 99.8 cm³/mol. The van der Waals surface area contributed by atoms with E-state index in [4.69, 9.17) is 4.74 Å². The van der Waals surface area contributed by atoms with E-state index in [0.29, 0.717) is 24.3 Å². The standard InChI is InChI=1S/C20H21N3O3/c1-2-26-16-10-7-14(8-11-16)20(25)23-22-19(24)12-9-15-13-21-18-6-4-3-5-17(15)18/h3-8,10-11,13,21H,2,9,12H2,1H3,(H,22,24)(H,23,25). The van der Waals surface area contributed by atoms with Crippen LogP contribution in [0.5, 0.6) is 5.75 Å². The molecule has 0 aliphatic carbocycles. The van der Waals surface area contributed by atoms with Crippen LogP contribution < -0.4 is 15.6 Å². The third-order valence-electron chi connectivity index (χ3n) is 4.04. The van der Waals surface area contributed by atoms with Crippen molar-refractivity contribution in [3.8, 4) is 5.75 Å². The maximum absolute atomic E-state index is 12.1. The van der Waals surface area contributed by atoms with Crippen molar-refractivity contribution >= 4 is 22.7 Å². The molecule has 0 radical (unpaired) electrons. The number of aryl methyl sites for hydroxylation is 1. The van der Waals surface area contributed by atoms with Gasteiger partial charge in [-0.05, 0) is 49.2 Å². The van der Waals surface area contributed by atoms with E-state index in [1.54, 1.807) is 24.3 Å². The summed E-state index contributed by atoms with van der Waals surface area (Å²) in [5.74, 6) is 0.0925. The lowest BCUT2D eigenvalue weighted by atomic mass is 10.1. The Labute approximate surface area is 151 Å². The number of para-hydroxylation sites is 1. The SMILES string of the molecule is CCOc1ccc(C(=O)NNC(=O)CCc2c[nH]c3ccccc23)cc1. The lowest BCUT2D eigenvalue weighted by Gasteiger charge is -2.08. The zero-order valence-corrected chi connectivity index (χ0v) is 14.5. The third-order valence-corrected chi connectivity index (χ3v) is 4.04. The lowest BCUT2D eigenvalue weighted by molar-refractivity contribution is -0.121. The summed E-state index contributed by atoms with van der Waals surface area (Å²) in [4.78, 5) is 27.2. The molecule has 6 heteroatoms. The fourth-order valence-corrected chi connectivity index (χ4v) is 2.72. The number of aromatic amines is 1. The molecule has 2 aromatic carbocycles. The summed E-state index contributed by atoms with van der Waals surface area (Å²) in [6.45, 7) is 2.46. The number of nitrogens with one attached hydrogen (secondary N) is 3. The maximum atomic E-state index is 12.1. The topological polar surface area (TPSA) is 83.2 Å². The number of carbonyl (C=O) groups excluding carboxylic acids is 2. The van der Waals surface area contributed by atoms with E-state index in [9.17, 15) is 9.59 Å². The molecular formula is C20H21N3O3. The second kappa shape index (κ2) is 8.20. The van der Waals surface area contributed by atoms with Gasteiger partial charge in [-0.25, -0.2) is 0 Å². The van der Waals surface area contributed by atoms with E-state index in [0.717, 1.165) is 16.5 Å². The molecule has 1 heterocycles. The predicted octanol–water partition coefficient (Wildman–Crippen LogP) is 2.96. The molecule has 3 N–H and O–H groups in total. The zero-order chi connectivity index (χ0) is 18.4. The van der Waals surface area contributed by atoms with Crippen molar-refractivity contribution in [2.24, 2.45) is 0 Å². The Hall–Kier alpha value is -3.28. The summed E-state index contributed by atoms with van der Waals surface area (Å²) >= 11 is 0. The molecule has 26 heavy (non-hydrogen) atoms. The summed E-state index contributed by atoms with van der Waals surface area (Å²) in [7, 11) is 0. The second-order valence-electron chi connectivity index (χ2n) is 5.82. The Morgan fingerprint density at radius 3 is 2.58 bits per heavy atom. The van der Waals surface area contributed by atoms with E-state index >= 15 is 0 Å². The molecule has 0 spiro atoms. The Kier molecular flexibility index (Phi) is 5.53. The quantitative estimate of drug-likeness (QED) is 0.597. The van der Waals surface area contributed by atoms with Gasteiger partial charge in [-0.3, -0.25) is 20.4 Å². The summed E-state index contributed by atoms with van der Waals surface area (Å²) in [6.07, 6.45) is 2.79. The number of hydrogen-bond acceptors (Lipinski definition) is 3. The summed E-state index contributed by atoms with van der Waals surface area (Å²) < 4.78 is 5.33. The maximum Gasteiger partial charge on any atom is 0.269 e. The largest absolute Gasteiger partial charge is 0.494 e. The highest BCUT2D eigenvalue weighted by molar-refractivity contribution is 5.95. The Balaban J connectivity index is 1.48. The molecule has 0 fully saturated rings. The average molecular weight is 351 g/mol. The van der Waals surface area contributed by atoms with Crippen LogP contribution in [0.15, 0.2) is 54.7 Å². The van der Waals surface area contributed by atoms with Crippen LogP contribution >= 0.6 is 0 Å². The van der Waals surface area contributed by atoms with Crippen LogP contribution in [-0.2, 0) is 11.2 Å². The van der Waals surface area contributed by atoms with E-state index in [-0.39, 0.29) is 18.2 Å². The summed E-state index contributed by atoms with van der Waals surface area (Å²) in [6, 6.07) is 14.7. The van der Waals surface area contributed by atoms with Crippen molar-refractivity contribution in [1.29, 1.82) is 0 Å². The van der Waals surface area contributed by atoms with E-state index in [1.165, 1.54) is 0 Å². The van der Waals surface area contributed by atoms with Crippen molar-refractivity contribution < 1.29 is 14.3 Å². The number of benzene rings is 2. The van der Waals surface area contributed by atoms with Gasteiger partial charge in [-0.15, -0.1) is 0 Å². The highest BCUT2D eigenvalue weighted by Crippen LogP contribution is 2.18. The Bertz CT molecular complexity index is 900. The number of H-pyrrole nitrogens is 1. The van der Waals surface area contributed by atoms with Gasteiger partial charge in [0.25, 0.3) is 5.91 Å². The molecule has 0 saturated carbocycles. The zero-order valence-electron chi connectivity index (χ0n) is 14.5. The number of aromatic nitrogens is 1. The fourth-order valence-electron chi connectivity index (χ4n) is 2.72. The smallest absolute Gasteiger partial charge is 0.269 e. The summed E-state index contributed by atoms with van der Waals surface area (Å²) in [5.41, 5.74) is 7.46. The minimum absolute atomic E-state index is 0.241. The van der Waals surface area contributed by atoms with E-state index in [1.807, 2.05) is 37.4 Å². The number of rotatable bonds is 6. The van der Waals surface area contributed by atoms with Crippen molar-refractivity contribution in [2.45, 2.75) is 19.8 Å². The van der Waals surface area contributed by atoms with Crippen molar-refractivity contribution in [1.82, 2.24) is 15.8 Å². The Morgan fingerprint density at radius 2 is 1.81 bits per heavy atom. The number of carbonyl (C=O) groups is 2. The van der Waals surface area contributed by atoms with Crippen molar-refractivity contribution in [3.05, 3.63) is 65.9 Å². The first-order valence-corrected chi connectivity index (χ1v) is 8.54. The molecule has 3 rings (SSSR count). The molecule has 1 aromatic heterocycles. The lowest BCUT2D eigenvalue weighted by Crippen LogP contribution is -2.41. The van der Waals surface area contributed by atoms with Gasteiger partial charge in [-0.2, -0.15) is 0 Å². The van der Waals surface area contributed by atoms with Gasteiger partial charge >= 0.3 is 0 Å². The highest BCUT2D eigenvalue weighted by Gasteiger charge is 2.09. The van der Waals surface area contributed by atoms with Crippen LogP contribution in [0, 0.1) is 0 Å². The van der Waals surface area contributed by atoms with Gasteiger partial charge < -0.3 is 9.72 Å². The average Bonchev–Trinajstić information content (AvgIpc) is 3.08. The van der Waals surface area contributed by atoms with Crippen LogP contribution in [-0.4, -0.2) is 23.4 Å². The Morgan fingerprint density at radius 1 is 1.04 bits per heavy atom.